The number of rotatable bonds is 5. The molecule has 1 fully saturated rings. The van der Waals surface area contributed by atoms with E-state index in [2.05, 4.69) is 4.98 Å². The molecule has 4 rings (SSSR count). The van der Waals surface area contributed by atoms with Crippen LogP contribution in [-0.4, -0.2) is 27.3 Å². The lowest BCUT2D eigenvalue weighted by Crippen LogP contribution is -2.32. The van der Waals surface area contributed by atoms with Crippen molar-refractivity contribution in [1.82, 2.24) is 14.9 Å². The lowest BCUT2D eigenvalue weighted by Gasteiger charge is -2.24. The monoisotopic (exact) mass is 375 g/mol. The van der Waals surface area contributed by atoms with E-state index in [-0.39, 0.29) is 17.8 Å². The quantitative estimate of drug-likeness (QED) is 0.674. The number of benzene rings is 1. The molecule has 1 aromatic carbocycles. The van der Waals surface area contributed by atoms with Gasteiger partial charge < -0.3 is 4.90 Å². The van der Waals surface area contributed by atoms with E-state index in [1.807, 2.05) is 47.4 Å². The number of hydrogen-bond acceptors (Lipinski definition) is 3. The SMILES string of the molecule is O=C(Cc1ccccn1)N1CCCC1c1cccc(Cc2cccc(F)c2)n1. The highest BCUT2D eigenvalue weighted by molar-refractivity contribution is 5.79. The number of pyridine rings is 2. The van der Waals surface area contributed by atoms with Crippen LogP contribution in [0.25, 0.3) is 0 Å². The average molecular weight is 375 g/mol. The Hall–Kier alpha value is -3.08. The molecule has 1 aliphatic heterocycles. The maximum absolute atomic E-state index is 13.4. The normalized spacial score (nSPS) is 16.3. The standard InChI is InChI=1S/C23H22FN3O/c24-18-7-3-6-17(14-18)15-20-9-4-10-21(26-20)22-11-5-13-27(22)23(28)16-19-8-1-2-12-25-19/h1-4,6-10,12,14,22H,5,11,13,15-16H2. The van der Waals surface area contributed by atoms with Gasteiger partial charge in [0.2, 0.25) is 5.91 Å². The first-order chi connectivity index (χ1) is 13.7. The van der Waals surface area contributed by atoms with E-state index in [1.165, 1.54) is 12.1 Å². The molecule has 3 heterocycles. The minimum Gasteiger partial charge on any atom is -0.334 e. The number of aromatic nitrogens is 2. The third kappa shape index (κ3) is 4.25. The van der Waals surface area contributed by atoms with Crippen molar-refractivity contribution in [3.8, 4) is 0 Å². The van der Waals surface area contributed by atoms with E-state index in [9.17, 15) is 9.18 Å². The summed E-state index contributed by atoms with van der Waals surface area (Å²) in [6.07, 6.45) is 4.46. The number of nitrogens with zero attached hydrogens (tertiary/aromatic N) is 3. The molecule has 2 aromatic heterocycles. The van der Waals surface area contributed by atoms with Crippen LogP contribution in [0.15, 0.2) is 66.9 Å². The van der Waals surface area contributed by atoms with Crippen molar-refractivity contribution >= 4 is 5.91 Å². The molecule has 4 nitrogen and oxygen atoms in total. The third-order valence-corrected chi connectivity index (χ3v) is 5.08. The van der Waals surface area contributed by atoms with Crippen molar-refractivity contribution < 1.29 is 9.18 Å². The highest BCUT2D eigenvalue weighted by atomic mass is 19.1. The first kappa shape index (κ1) is 18.3. The van der Waals surface area contributed by atoms with Crippen molar-refractivity contribution in [2.24, 2.45) is 0 Å². The molecule has 142 valence electrons. The Balaban J connectivity index is 1.50. The molecule has 1 aliphatic rings. The average Bonchev–Trinajstić information content (AvgIpc) is 3.19. The van der Waals surface area contributed by atoms with Gasteiger partial charge in [-0.25, -0.2) is 4.39 Å². The fourth-order valence-corrected chi connectivity index (χ4v) is 3.77. The van der Waals surface area contributed by atoms with E-state index in [0.717, 1.165) is 42.0 Å². The zero-order chi connectivity index (χ0) is 19.3. The molecule has 3 aromatic rings. The fourth-order valence-electron chi connectivity index (χ4n) is 3.77. The Morgan fingerprint density at radius 1 is 1.07 bits per heavy atom. The van der Waals surface area contributed by atoms with Crippen LogP contribution in [-0.2, 0) is 17.6 Å². The summed E-state index contributed by atoms with van der Waals surface area (Å²) in [5.41, 5.74) is 3.46. The number of carbonyl (C=O) groups excluding carboxylic acids is 1. The smallest absolute Gasteiger partial charge is 0.229 e. The van der Waals surface area contributed by atoms with Crippen molar-refractivity contribution in [2.45, 2.75) is 31.7 Å². The first-order valence-electron chi connectivity index (χ1n) is 9.59. The van der Waals surface area contributed by atoms with Crippen LogP contribution in [0.4, 0.5) is 4.39 Å². The van der Waals surface area contributed by atoms with Gasteiger partial charge >= 0.3 is 0 Å². The number of likely N-dealkylation sites (tertiary alicyclic amines) is 1. The van der Waals surface area contributed by atoms with Gasteiger partial charge in [0.15, 0.2) is 0 Å². The zero-order valence-electron chi connectivity index (χ0n) is 15.6. The summed E-state index contributed by atoms with van der Waals surface area (Å²) in [7, 11) is 0. The van der Waals surface area contributed by atoms with E-state index in [0.29, 0.717) is 12.8 Å². The van der Waals surface area contributed by atoms with Crippen molar-refractivity contribution in [1.29, 1.82) is 0 Å². The molecule has 1 amide bonds. The van der Waals surface area contributed by atoms with E-state index in [4.69, 9.17) is 4.98 Å². The molecular formula is C23H22FN3O. The van der Waals surface area contributed by atoms with Crippen LogP contribution in [0.3, 0.4) is 0 Å². The Kier molecular flexibility index (Phi) is 5.42. The number of carbonyl (C=O) groups is 1. The third-order valence-electron chi connectivity index (χ3n) is 5.08. The minimum absolute atomic E-state index is 0.0105. The zero-order valence-corrected chi connectivity index (χ0v) is 15.6. The van der Waals surface area contributed by atoms with Crippen LogP contribution in [0.2, 0.25) is 0 Å². The predicted molar refractivity (Wildman–Crippen MR) is 105 cm³/mol. The molecule has 0 bridgehead atoms. The lowest BCUT2D eigenvalue weighted by atomic mass is 10.1. The lowest BCUT2D eigenvalue weighted by molar-refractivity contribution is -0.131. The van der Waals surface area contributed by atoms with Gasteiger partial charge in [0.05, 0.1) is 18.2 Å². The van der Waals surface area contributed by atoms with Crippen molar-refractivity contribution in [3.63, 3.8) is 0 Å². The minimum atomic E-state index is -0.240. The van der Waals surface area contributed by atoms with E-state index >= 15 is 0 Å². The molecule has 0 radical (unpaired) electrons. The van der Waals surface area contributed by atoms with Gasteiger partial charge in [-0.15, -0.1) is 0 Å². The molecule has 1 unspecified atom stereocenters. The fraction of sp³-hybridized carbons (Fsp3) is 0.261. The van der Waals surface area contributed by atoms with Gasteiger partial charge in [0.25, 0.3) is 0 Å². The number of amides is 1. The second-order valence-corrected chi connectivity index (χ2v) is 7.10. The summed E-state index contributed by atoms with van der Waals surface area (Å²) in [5.74, 6) is -0.158. The van der Waals surface area contributed by atoms with Gasteiger partial charge in [-0.1, -0.05) is 24.3 Å². The maximum Gasteiger partial charge on any atom is 0.229 e. The number of halogens is 1. The Bertz CT molecular complexity index is 961. The summed E-state index contributed by atoms with van der Waals surface area (Å²) >= 11 is 0. The second-order valence-electron chi connectivity index (χ2n) is 7.10. The highest BCUT2D eigenvalue weighted by Crippen LogP contribution is 2.31. The summed E-state index contributed by atoms with van der Waals surface area (Å²) in [4.78, 5) is 23.8. The largest absolute Gasteiger partial charge is 0.334 e. The van der Waals surface area contributed by atoms with Crippen LogP contribution in [0.1, 0.15) is 41.5 Å². The van der Waals surface area contributed by atoms with Gasteiger partial charge in [0, 0.05) is 30.6 Å². The van der Waals surface area contributed by atoms with Gasteiger partial charge in [-0.2, -0.15) is 0 Å². The molecular weight excluding hydrogens is 353 g/mol. The summed E-state index contributed by atoms with van der Waals surface area (Å²) < 4.78 is 13.4. The van der Waals surface area contributed by atoms with Crippen LogP contribution >= 0.6 is 0 Å². The molecule has 5 heteroatoms. The Morgan fingerprint density at radius 2 is 1.93 bits per heavy atom. The summed E-state index contributed by atoms with van der Waals surface area (Å²) in [6, 6.07) is 18.1. The molecule has 0 aliphatic carbocycles. The molecule has 1 saturated heterocycles. The topological polar surface area (TPSA) is 46.1 Å². The molecule has 0 N–H and O–H groups in total. The summed E-state index contributed by atoms with van der Waals surface area (Å²) in [6.45, 7) is 0.742. The van der Waals surface area contributed by atoms with Gasteiger partial charge in [0.1, 0.15) is 5.82 Å². The maximum atomic E-state index is 13.4. The van der Waals surface area contributed by atoms with Gasteiger partial charge in [-0.3, -0.25) is 14.8 Å². The highest BCUT2D eigenvalue weighted by Gasteiger charge is 2.31. The van der Waals surface area contributed by atoms with E-state index < -0.39 is 0 Å². The second kappa shape index (κ2) is 8.30. The number of hydrogen-bond donors (Lipinski definition) is 0. The van der Waals surface area contributed by atoms with E-state index in [1.54, 1.807) is 12.3 Å². The Morgan fingerprint density at radius 3 is 2.75 bits per heavy atom. The first-order valence-corrected chi connectivity index (χ1v) is 9.59. The van der Waals surface area contributed by atoms with Crippen LogP contribution in [0.5, 0.6) is 0 Å². The molecule has 1 atom stereocenters. The van der Waals surface area contributed by atoms with Crippen molar-refractivity contribution in [2.75, 3.05) is 6.54 Å². The van der Waals surface area contributed by atoms with Crippen LogP contribution in [0, 0.1) is 5.82 Å². The molecule has 0 spiro atoms. The molecule has 0 saturated carbocycles. The van der Waals surface area contributed by atoms with Gasteiger partial charge in [-0.05, 0) is 54.8 Å². The molecule has 28 heavy (non-hydrogen) atoms. The summed E-state index contributed by atoms with van der Waals surface area (Å²) in [5, 5.41) is 0. The van der Waals surface area contributed by atoms with Crippen molar-refractivity contribution in [3.05, 3.63) is 95.3 Å². The predicted octanol–water partition coefficient (Wildman–Crippen LogP) is 4.11. The Labute approximate surface area is 164 Å². The van der Waals surface area contributed by atoms with Crippen LogP contribution < -0.4 is 0 Å².